The molecule has 0 aliphatic carbocycles. The molecule has 1 aliphatic rings. The maximum atomic E-state index is 13.0. The summed E-state index contributed by atoms with van der Waals surface area (Å²) in [5.74, 6) is -1.12. The van der Waals surface area contributed by atoms with Gasteiger partial charge in [-0.2, -0.15) is 0 Å². The van der Waals surface area contributed by atoms with Gasteiger partial charge in [-0.3, -0.25) is 9.59 Å². The highest BCUT2D eigenvalue weighted by Gasteiger charge is 2.43. The summed E-state index contributed by atoms with van der Waals surface area (Å²) in [7, 11) is 0. The standard InChI is InChI=1S/C17H15F2N3O4/c1-9(16(24)22-11-4-2-10(3-5-11)15(20)23)21-12-6-7-13-14(8-12)26-17(18,19)25-13/h2-9,21H,1H3,(H2,20,23)(H,22,24). The van der Waals surface area contributed by atoms with Crippen molar-refractivity contribution in [3.63, 3.8) is 0 Å². The SMILES string of the molecule is CC(Nc1ccc2c(c1)OC(F)(F)O2)C(=O)Nc1ccc(C(N)=O)cc1. The number of hydrogen-bond donors (Lipinski definition) is 3. The third-order valence-electron chi connectivity index (χ3n) is 3.61. The van der Waals surface area contributed by atoms with Crippen molar-refractivity contribution in [3.05, 3.63) is 48.0 Å². The fourth-order valence-corrected chi connectivity index (χ4v) is 2.32. The van der Waals surface area contributed by atoms with E-state index in [0.717, 1.165) is 0 Å². The highest BCUT2D eigenvalue weighted by molar-refractivity contribution is 5.97. The zero-order valence-corrected chi connectivity index (χ0v) is 13.6. The molecule has 136 valence electrons. The maximum Gasteiger partial charge on any atom is 0.586 e. The second kappa shape index (κ2) is 6.51. The fraction of sp³-hybridized carbons (Fsp3) is 0.176. The Bertz CT molecular complexity index is 856. The highest BCUT2D eigenvalue weighted by atomic mass is 19.3. The van der Waals surface area contributed by atoms with Gasteiger partial charge in [-0.25, -0.2) is 0 Å². The molecule has 9 heteroatoms. The molecule has 2 aromatic carbocycles. The van der Waals surface area contributed by atoms with Crippen LogP contribution in [0.1, 0.15) is 17.3 Å². The Balaban J connectivity index is 1.62. The van der Waals surface area contributed by atoms with Gasteiger partial charge >= 0.3 is 6.29 Å². The van der Waals surface area contributed by atoms with Crippen molar-refractivity contribution < 1.29 is 27.8 Å². The third kappa shape index (κ3) is 3.82. The molecule has 0 bridgehead atoms. The van der Waals surface area contributed by atoms with Gasteiger partial charge in [-0.15, -0.1) is 8.78 Å². The molecule has 2 aromatic rings. The normalized spacial score (nSPS) is 15.2. The summed E-state index contributed by atoms with van der Waals surface area (Å²) in [5.41, 5.74) is 6.38. The number of nitrogens with one attached hydrogen (secondary N) is 2. The van der Waals surface area contributed by atoms with E-state index in [4.69, 9.17) is 5.73 Å². The molecule has 1 atom stereocenters. The van der Waals surface area contributed by atoms with Crippen molar-refractivity contribution >= 4 is 23.2 Å². The van der Waals surface area contributed by atoms with Crippen LogP contribution in [0.25, 0.3) is 0 Å². The van der Waals surface area contributed by atoms with Crippen LogP contribution in [-0.4, -0.2) is 24.2 Å². The second-order valence-corrected chi connectivity index (χ2v) is 5.63. The first kappa shape index (κ1) is 17.5. The summed E-state index contributed by atoms with van der Waals surface area (Å²) in [6, 6.07) is 9.55. The lowest BCUT2D eigenvalue weighted by molar-refractivity contribution is -0.286. The van der Waals surface area contributed by atoms with Gasteiger partial charge in [0.1, 0.15) is 6.04 Å². The van der Waals surface area contributed by atoms with Crippen LogP contribution >= 0.6 is 0 Å². The predicted molar refractivity (Wildman–Crippen MR) is 89.3 cm³/mol. The Morgan fingerprint density at radius 3 is 2.31 bits per heavy atom. The van der Waals surface area contributed by atoms with Crippen molar-refractivity contribution in [3.8, 4) is 11.5 Å². The molecule has 4 N–H and O–H groups in total. The van der Waals surface area contributed by atoms with Crippen LogP contribution in [0.5, 0.6) is 11.5 Å². The number of amides is 2. The number of primary amides is 1. The number of anilines is 2. The van der Waals surface area contributed by atoms with Crippen molar-refractivity contribution in [2.24, 2.45) is 5.73 Å². The Kier molecular flexibility index (Phi) is 4.37. The number of hydrogen-bond acceptors (Lipinski definition) is 5. The van der Waals surface area contributed by atoms with Crippen molar-refractivity contribution in [1.29, 1.82) is 0 Å². The number of carbonyl (C=O) groups excluding carboxylic acids is 2. The van der Waals surface area contributed by atoms with Crippen LogP contribution in [0.4, 0.5) is 20.2 Å². The largest absolute Gasteiger partial charge is 0.586 e. The van der Waals surface area contributed by atoms with Crippen molar-refractivity contribution in [2.75, 3.05) is 10.6 Å². The molecular formula is C17H15F2N3O4. The minimum absolute atomic E-state index is 0.0767. The fourth-order valence-electron chi connectivity index (χ4n) is 2.32. The van der Waals surface area contributed by atoms with E-state index in [0.29, 0.717) is 16.9 Å². The zero-order valence-electron chi connectivity index (χ0n) is 13.6. The molecule has 1 heterocycles. The molecule has 1 unspecified atom stereocenters. The average molecular weight is 363 g/mol. The molecule has 0 fully saturated rings. The predicted octanol–water partition coefficient (Wildman–Crippen LogP) is 2.55. The summed E-state index contributed by atoms with van der Waals surface area (Å²) in [6.07, 6.45) is -3.69. The molecule has 3 rings (SSSR count). The summed E-state index contributed by atoms with van der Waals surface area (Å²) in [4.78, 5) is 23.3. The Morgan fingerprint density at radius 2 is 1.65 bits per heavy atom. The molecule has 1 aliphatic heterocycles. The summed E-state index contributed by atoms with van der Waals surface area (Å²) < 4.78 is 34.7. The third-order valence-corrected chi connectivity index (χ3v) is 3.61. The highest BCUT2D eigenvalue weighted by Crippen LogP contribution is 2.42. The van der Waals surface area contributed by atoms with Crippen LogP contribution in [-0.2, 0) is 4.79 Å². The first-order valence-corrected chi connectivity index (χ1v) is 7.61. The first-order chi connectivity index (χ1) is 12.2. The van der Waals surface area contributed by atoms with Crippen molar-refractivity contribution in [2.45, 2.75) is 19.3 Å². The van der Waals surface area contributed by atoms with E-state index in [1.165, 1.54) is 30.3 Å². The molecule has 2 amide bonds. The topological polar surface area (TPSA) is 103 Å². The number of alkyl halides is 2. The number of halogens is 2. The molecule has 0 radical (unpaired) electrons. The van der Waals surface area contributed by atoms with Crippen LogP contribution in [0, 0.1) is 0 Å². The lowest BCUT2D eigenvalue weighted by Gasteiger charge is -2.15. The molecule has 0 saturated heterocycles. The Morgan fingerprint density at radius 1 is 1.04 bits per heavy atom. The van der Waals surface area contributed by atoms with Crippen LogP contribution in [0.3, 0.4) is 0 Å². The molecule has 0 saturated carbocycles. The number of fused-ring (bicyclic) bond motifs is 1. The van der Waals surface area contributed by atoms with E-state index in [9.17, 15) is 18.4 Å². The minimum Gasteiger partial charge on any atom is -0.395 e. The lowest BCUT2D eigenvalue weighted by atomic mass is 10.2. The van der Waals surface area contributed by atoms with Crippen LogP contribution in [0.2, 0.25) is 0 Å². The number of ether oxygens (including phenoxy) is 2. The second-order valence-electron chi connectivity index (χ2n) is 5.63. The molecule has 26 heavy (non-hydrogen) atoms. The molecule has 7 nitrogen and oxygen atoms in total. The minimum atomic E-state index is -3.69. The number of nitrogens with two attached hydrogens (primary N) is 1. The van der Waals surface area contributed by atoms with E-state index >= 15 is 0 Å². The van der Waals surface area contributed by atoms with Gasteiger partial charge < -0.3 is 25.8 Å². The van der Waals surface area contributed by atoms with Crippen molar-refractivity contribution in [1.82, 2.24) is 0 Å². The van der Waals surface area contributed by atoms with E-state index < -0.39 is 18.2 Å². The zero-order chi connectivity index (χ0) is 18.9. The van der Waals surface area contributed by atoms with Gasteiger partial charge in [-0.05, 0) is 43.3 Å². The van der Waals surface area contributed by atoms with E-state index in [1.807, 2.05) is 0 Å². The lowest BCUT2D eigenvalue weighted by Crippen LogP contribution is -2.31. The maximum absolute atomic E-state index is 13.0. The summed E-state index contributed by atoms with van der Waals surface area (Å²) in [6.45, 7) is 1.60. The number of rotatable bonds is 5. The van der Waals surface area contributed by atoms with Gasteiger partial charge in [-0.1, -0.05) is 0 Å². The van der Waals surface area contributed by atoms with Crippen LogP contribution in [0.15, 0.2) is 42.5 Å². The monoisotopic (exact) mass is 363 g/mol. The van der Waals surface area contributed by atoms with Gasteiger partial charge in [0.2, 0.25) is 11.8 Å². The number of benzene rings is 2. The molecule has 0 aromatic heterocycles. The van der Waals surface area contributed by atoms with E-state index in [-0.39, 0.29) is 17.4 Å². The van der Waals surface area contributed by atoms with E-state index in [1.54, 1.807) is 19.1 Å². The number of carbonyl (C=O) groups is 2. The quantitative estimate of drug-likeness (QED) is 0.758. The van der Waals surface area contributed by atoms with Gasteiger partial charge in [0.25, 0.3) is 0 Å². The summed E-state index contributed by atoms with van der Waals surface area (Å²) >= 11 is 0. The van der Waals surface area contributed by atoms with Gasteiger partial charge in [0.15, 0.2) is 11.5 Å². The first-order valence-electron chi connectivity index (χ1n) is 7.61. The van der Waals surface area contributed by atoms with Crippen LogP contribution < -0.4 is 25.8 Å². The average Bonchev–Trinajstić information content (AvgIpc) is 2.88. The Labute approximate surface area is 147 Å². The molecule has 0 spiro atoms. The smallest absolute Gasteiger partial charge is 0.395 e. The Hall–Kier alpha value is -3.36. The van der Waals surface area contributed by atoms with E-state index in [2.05, 4.69) is 20.1 Å². The van der Waals surface area contributed by atoms with Gasteiger partial charge in [0.05, 0.1) is 0 Å². The molecular weight excluding hydrogens is 348 g/mol. The van der Waals surface area contributed by atoms with Gasteiger partial charge in [0, 0.05) is 23.0 Å². The summed E-state index contributed by atoms with van der Waals surface area (Å²) in [5, 5.41) is 5.55.